The third-order valence-electron chi connectivity index (χ3n) is 5.29. The van der Waals surface area contributed by atoms with Crippen LogP contribution in [0.15, 0.2) is 0 Å². The number of rotatable bonds is 4. The van der Waals surface area contributed by atoms with Gasteiger partial charge in [0.05, 0.1) is 0 Å². The first-order valence-electron chi connectivity index (χ1n) is 8.48. The Morgan fingerprint density at radius 1 is 1.16 bits per heavy atom. The van der Waals surface area contributed by atoms with Gasteiger partial charge in [0.25, 0.3) is 0 Å². The van der Waals surface area contributed by atoms with Gasteiger partial charge in [-0.25, -0.2) is 0 Å². The molecule has 0 aromatic heterocycles. The molecular formula is C17H34N2. The van der Waals surface area contributed by atoms with Crippen LogP contribution in [0.4, 0.5) is 0 Å². The maximum absolute atomic E-state index is 3.74. The average molecular weight is 266 g/mol. The normalized spacial score (nSPS) is 33.8. The predicted octanol–water partition coefficient (Wildman–Crippen LogP) is 3.67. The Balaban J connectivity index is 1.82. The third-order valence-corrected chi connectivity index (χ3v) is 5.29. The molecular weight excluding hydrogens is 232 g/mol. The van der Waals surface area contributed by atoms with Gasteiger partial charge in [0.2, 0.25) is 0 Å². The summed E-state index contributed by atoms with van der Waals surface area (Å²) in [5.74, 6) is 0.900. The lowest BCUT2D eigenvalue weighted by molar-refractivity contribution is 0.148. The van der Waals surface area contributed by atoms with Gasteiger partial charge < -0.3 is 10.2 Å². The highest BCUT2D eigenvalue weighted by molar-refractivity contribution is 4.90. The van der Waals surface area contributed by atoms with Gasteiger partial charge >= 0.3 is 0 Å². The predicted molar refractivity (Wildman–Crippen MR) is 83.5 cm³/mol. The highest BCUT2D eigenvalue weighted by Crippen LogP contribution is 2.36. The van der Waals surface area contributed by atoms with Crippen LogP contribution >= 0.6 is 0 Å². The molecule has 0 bridgehead atoms. The minimum Gasteiger partial charge on any atom is -0.314 e. The molecule has 19 heavy (non-hydrogen) atoms. The van der Waals surface area contributed by atoms with E-state index in [-0.39, 0.29) is 0 Å². The highest BCUT2D eigenvalue weighted by Gasteiger charge is 2.36. The Morgan fingerprint density at radius 2 is 1.95 bits per heavy atom. The standard InChI is InChI=1S/C17H34N2/c1-5-10-18-15-7-6-8-16(12-15)19-11-9-14(13-19)17(2,3)4/h14-16,18H,5-13H2,1-4H3. The van der Waals surface area contributed by atoms with Gasteiger partial charge in [-0.2, -0.15) is 0 Å². The highest BCUT2D eigenvalue weighted by atomic mass is 15.2. The fourth-order valence-corrected chi connectivity index (χ4v) is 3.86. The molecule has 0 aromatic rings. The number of hydrogen-bond donors (Lipinski definition) is 1. The van der Waals surface area contributed by atoms with Crippen molar-refractivity contribution in [3.8, 4) is 0 Å². The van der Waals surface area contributed by atoms with E-state index >= 15 is 0 Å². The maximum atomic E-state index is 3.74. The van der Waals surface area contributed by atoms with Crippen molar-refractivity contribution in [1.29, 1.82) is 0 Å². The van der Waals surface area contributed by atoms with Crippen molar-refractivity contribution in [2.45, 2.75) is 78.3 Å². The van der Waals surface area contributed by atoms with Gasteiger partial charge in [-0.15, -0.1) is 0 Å². The minimum absolute atomic E-state index is 0.489. The van der Waals surface area contributed by atoms with E-state index in [9.17, 15) is 0 Å². The molecule has 1 aliphatic carbocycles. The molecule has 0 radical (unpaired) electrons. The second kappa shape index (κ2) is 6.58. The fourth-order valence-electron chi connectivity index (χ4n) is 3.86. The molecule has 0 spiro atoms. The van der Waals surface area contributed by atoms with E-state index in [2.05, 4.69) is 37.9 Å². The van der Waals surface area contributed by atoms with E-state index in [4.69, 9.17) is 0 Å². The Morgan fingerprint density at radius 3 is 2.58 bits per heavy atom. The van der Waals surface area contributed by atoms with Crippen molar-refractivity contribution in [3.63, 3.8) is 0 Å². The summed E-state index contributed by atoms with van der Waals surface area (Å²) in [7, 11) is 0. The second-order valence-corrected chi connectivity index (χ2v) is 7.82. The SMILES string of the molecule is CCCNC1CCCC(N2CCC(C(C)(C)C)C2)C1. The Hall–Kier alpha value is -0.0800. The van der Waals surface area contributed by atoms with Gasteiger partial charge in [-0.3, -0.25) is 0 Å². The molecule has 112 valence electrons. The van der Waals surface area contributed by atoms with Crippen LogP contribution in [-0.4, -0.2) is 36.6 Å². The van der Waals surface area contributed by atoms with E-state index in [1.807, 2.05) is 0 Å². The zero-order valence-electron chi connectivity index (χ0n) is 13.5. The van der Waals surface area contributed by atoms with Crippen LogP contribution in [0.1, 0.15) is 66.2 Å². The van der Waals surface area contributed by atoms with Gasteiger partial charge in [-0.05, 0) is 56.5 Å². The number of nitrogens with zero attached hydrogens (tertiary/aromatic N) is 1. The smallest absolute Gasteiger partial charge is 0.0110 e. The molecule has 1 aliphatic heterocycles. The molecule has 1 saturated carbocycles. The largest absolute Gasteiger partial charge is 0.314 e. The first-order valence-corrected chi connectivity index (χ1v) is 8.48. The van der Waals surface area contributed by atoms with Crippen LogP contribution in [0, 0.1) is 11.3 Å². The summed E-state index contributed by atoms with van der Waals surface area (Å²) in [5.41, 5.74) is 0.489. The van der Waals surface area contributed by atoms with Gasteiger partial charge in [-0.1, -0.05) is 34.1 Å². The summed E-state index contributed by atoms with van der Waals surface area (Å²) < 4.78 is 0. The van der Waals surface area contributed by atoms with Crippen LogP contribution < -0.4 is 5.32 Å². The molecule has 1 saturated heterocycles. The minimum atomic E-state index is 0.489. The van der Waals surface area contributed by atoms with Crippen LogP contribution in [0.2, 0.25) is 0 Å². The summed E-state index contributed by atoms with van der Waals surface area (Å²) >= 11 is 0. The van der Waals surface area contributed by atoms with Crippen LogP contribution in [0.25, 0.3) is 0 Å². The van der Waals surface area contributed by atoms with Crippen molar-refractivity contribution < 1.29 is 0 Å². The van der Waals surface area contributed by atoms with Crippen LogP contribution in [0.3, 0.4) is 0 Å². The van der Waals surface area contributed by atoms with Gasteiger partial charge in [0.15, 0.2) is 0 Å². The zero-order chi connectivity index (χ0) is 13.9. The lowest BCUT2D eigenvalue weighted by Gasteiger charge is -2.36. The average Bonchev–Trinajstić information content (AvgIpc) is 2.86. The summed E-state index contributed by atoms with van der Waals surface area (Å²) in [4.78, 5) is 2.80. The summed E-state index contributed by atoms with van der Waals surface area (Å²) in [6, 6.07) is 1.64. The number of nitrogens with one attached hydrogen (secondary N) is 1. The number of likely N-dealkylation sites (tertiary alicyclic amines) is 1. The molecule has 1 heterocycles. The van der Waals surface area contributed by atoms with Crippen molar-refractivity contribution in [3.05, 3.63) is 0 Å². The van der Waals surface area contributed by atoms with E-state index in [1.54, 1.807) is 0 Å². The zero-order valence-corrected chi connectivity index (χ0v) is 13.5. The lowest BCUT2D eigenvalue weighted by Crippen LogP contribution is -2.44. The van der Waals surface area contributed by atoms with Crippen molar-refractivity contribution >= 4 is 0 Å². The fraction of sp³-hybridized carbons (Fsp3) is 1.00. The molecule has 3 unspecified atom stereocenters. The molecule has 3 atom stereocenters. The number of hydrogen-bond acceptors (Lipinski definition) is 2. The second-order valence-electron chi connectivity index (χ2n) is 7.82. The molecule has 2 heteroatoms. The molecule has 0 aromatic carbocycles. The van der Waals surface area contributed by atoms with Gasteiger partial charge in [0.1, 0.15) is 0 Å². The van der Waals surface area contributed by atoms with Crippen LogP contribution in [-0.2, 0) is 0 Å². The topological polar surface area (TPSA) is 15.3 Å². The summed E-state index contributed by atoms with van der Waals surface area (Å²) in [5, 5.41) is 3.74. The molecule has 2 fully saturated rings. The molecule has 2 rings (SSSR count). The van der Waals surface area contributed by atoms with Crippen molar-refractivity contribution in [2.24, 2.45) is 11.3 Å². The molecule has 0 amide bonds. The Kier molecular flexibility index (Phi) is 5.30. The van der Waals surface area contributed by atoms with Gasteiger partial charge in [0, 0.05) is 18.6 Å². The summed E-state index contributed by atoms with van der Waals surface area (Å²) in [6.07, 6.45) is 8.30. The first kappa shape index (κ1) is 15.3. The maximum Gasteiger partial charge on any atom is 0.0110 e. The monoisotopic (exact) mass is 266 g/mol. The third kappa shape index (κ3) is 4.19. The molecule has 1 N–H and O–H groups in total. The Bertz CT molecular complexity index is 269. The van der Waals surface area contributed by atoms with E-state index in [1.165, 1.54) is 58.2 Å². The molecule has 2 nitrogen and oxygen atoms in total. The van der Waals surface area contributed by atoms with Crippen LogP contribution in [0.5, 0.6) is 0 Å². The van der Waals surface area contributed by atoms with E-state index < -0.39 is 0 Å². The first-order chi connectivity index (χ1) is 9.00. The quantitative estimate of drug-likeness (QED) is 0.835. The lowest BCUT2D eigenvalue weighted by atomic mass is 9.80. The van der Waals surface area contributed by atoms with Crippen molar-refractivity contribution in [2.75, 3.05) is 19.6 Å². The molecule has 2 aliphatic rings. The van der Waals surface area contributed by atoms with E-state index in [0.717, 1.165) is 18.0 Å². The Labute approximate surface area is 120 Å². The summed E-state index contributed by atoms with van der Waals surface area (Å²) in [6.45, 7) is 13.4. The van der Waals surface area contributed by atoms with Crippen molar-refractivity contribution in [1.82, 2.24) is 10.2 Å². The van der Waals surface area contributed by atoms with E-state index in [0.29, 0.717) is 5.41 Å².